The van der Waals surface area contributed by atoms with Crippen molar-refractivity contribution in [1.29, 1.82) is 0 Å². The Hall–Kier alpha value is -1.71. The maximum Gasteiger partial charge on any atom is 0.251 e. The summed E-state index contributed by atoms with van der Waals surface area (Å²) in [5.74, 6) is -0.0707. The van der Waals surface area contributed by atoms with Crippen LogP contribution in [0.3, 0.4) is 0 Å². The van der Waals surface area contributed by atoms with Crippen LogP contribution in [-0.4, -0.2) is 18.5 Å². The summed E-state index contributed by atoms with van der Waals surface area (Å²) in [6, 6.07) is 5.75. The Labute approximate surface area is 109 Å². The van der Waals surface area contributed by atoms with Crippen molar-refractivity contribution in [2.75, 3.05) is 17.6 Å². The van der Waals surface area contributed by atoms with Crippen LogP contribution in [0.4, 0.5) is 11.4 Å². The van der Waals surface area contributed by atoms with E-state index in [4.69, 9.17) is 5.73 Å². The number of carbonyl (C=O) groups excluding carboxylic acids is 1. The Morgan fingerprint density at radius 1 is 1.39 bits per heavy atom. The van der Waals surface area contributed by atoms with Crippen molar-refractivity contribution in [3.8, 4) is 0 Å². The SMILES string of the molecule is CCCNC(=O)c1ccc(N[C@H](C)CC)c(N)c1. The van der Waals surface area contributed by atoms with Gasteiger partial charge >= 0.3 is 0 Å². The van der Waals surface area contributed by atoms with Gasteiger partial charge in [0, 0.05) is 18.2 Å². The minimum absolute atomic E-state index is 0.0707. The highest BCUT2D eigenvalue weighted by Crippen LogP contribution is 2.21. The molecule has 0 saturated carbocycles. The molecule has 0 spiro atoms. The predicted molar refractivity (Wildman–Crippen MR) is 76.9 cm³/mol. The molecule has 0 bridgehead atoms. The lowest BCUT2D eigenvalue weighted by Gasteiger charge is -2.15. The Morgan fingerprint density at radius 3 is 2.67 bits per heavy atom. The highest BCUT2D eigenvalue weighted by Gasteiger charge is 2.08. The molecule has 0 heterocycles. The summed E-state index contributed by atoms with van der Waals surface area (Å²) in [6.07, 6.45) is 1.95. The van der Waals surface area contributed by atoms with E-state index in [-0.39, 0.29) is 5.91 Å². The van der Waals surface area contributed by atoms with Crippen molar-refractivity contribution in [2.24, 2.45) is 0 Å². The van der Waals surface area contributed by atoms with Gasteiger partial charge in [-0.3, -0.25) is 4.79 Å². The molecule has 1 atom stereocenters. The van der Waals surface area contributed by atoms with Crippen LogP contribution in [0.1, 0.15) is 44.0 Å². The van der Waals surface area contributed by atoms with Gasteiger partial charge in [0.2, 0.25) is 0 Å². The number of benzene rings is 1. The number of nitrogens with two attached hydrogens (primary N) is 1. The molecule has 1 rings (SSSR count). The average molecular weight is 249 g/mol. The fourth-order valence-electron chi connectivity index (χ4n) is 1.54. The first kappa shape index (κ1) is 14.4. The van der Waals surface area contributed by atoms with Gasteiger partial charge in [-0.2, -0.15) is 0 Å². The van der Waals surface area contributed by atoms with Crippen LogP contribution in [0, 0.1) is 0 Å². The van der Waals surface area contributed by atoms with Crippen LogP contribution in [0.15, 0.2) is 18.2 Å². The third-order valence-electron chi connectivity index (χ3n) is 2.86. The normalized spacial score (nSPS) is 11.9. The molecule has 4 N–H and O–H groups in total. The van der Waals surface area contributed by atoms with Crippen molar-refractivity contribution in [3.63, 3.8) is 0 Å². The average Bonchev–Trinajstić information content (AvgIpc) is 2.38. The molecule has 0 saturated heterocycles. The van der Waals surface area contributed by atoms with Gasteiger partial charge in [-0.15, -0.1) is 0 Å². The minimum Gasteiger partial charge on any atom is -0.397 e. The summed E-state index contributed by atoms with van der Waals surface area (Å²) >= 11 is 0. The van der Waals surface area contributed by atoms with E-state index >= 15 is 0 Å². The molecular weight excluding hydrogens is 226 g/mol. The first-order valence-corrected chi connectivity index (χ1v) is 6.52. The molecule has 0 radical (unpaired) electrons. The van der Waals surface area contributed by atoms with Crippen LogP contribution < -0.4 is 16.4 Å². The zero-order chi connectivity index (χ0) is 13.5. The number of hydrogen-bond donors (Lipinski definition) is 3. The topological polar surface area (TPSA) is 67.2 Å². The molecule has 0 aliphatic rings. The van der Waals surface area contributed by atoms with Crippen LogP contribution in [0.25, 0.3) is 0 Å². The Bertz CT molecular complexity index is 404. The first-order valence-electron chi connectivity index (χ1n) is 6.52. The maximum absolute atomic E-state index is 11.8. The Balaban J connectivity index is 2.75. The molecule has 4 nitrogen and oxygen atoms in total. The number of rotatable bonds is 6. The zero-order valence-electron chi connectivity index (χ0n) is 11.4. The molecular formula is C14H23N3O. The number of nitrogen functional groups attached to an aromatic ring is 1. The van der Waals surface area contributed by atoms with Crippen LogP contribution in [0.5, 0.6) is 0 Å². The number of amides is 1. The lowest BCUT2D eigenvalue weighted by atomic mass is 10.1. The van der Waals surface area contributed by atoms with Gasteiger partial charge in [-0.05, 0) is 38.0 Å². The number of hydrogen-bond acceptors (Lipinski definition) is 3. The second kappa shape index (κ2) is 6.89. The summed E-state index contributed by atoms with van der Waals surface area (Å²) in [5, 5.41) is 6.14. The fraction of sp³-hybridized carbons (Fsp3) is 0.500. The Kier molecular flexibility index (Phi) is 5.49. The molecule has 1 aromatic rings. The van der Waals surface area contributed by atoms with Crippen LogP contribution >= 0.6 is 0 Å². The highest BCUT2D eigenvalue weighted by atomic mass is 16.1. The van der Waals surface area contributed by atoms with E-state index in [9.17, 15) is 4.79 Å². The predicted octanol–water partition coefficient (Wildman–Crippen LogP) is 2.62. The van der Waals surface area contributed by atoms with Crippen LogP contribution in [0.2, 0.25) is 0 Å². The number of anilines is 2. The van der Waals surface area contributed by atoms with E-state index < -0.39 is 0 Å². The number of carbonyl (C=O) groups is 1. The Morgan fingerprint density at radius 2 is 2.11 bits per heavy atom. The largest absolute Gasteiger partial charge is 0.397 e. The van der Waals surface area contributed by atoms with E-state index in [0.717, 1.165) is 18.5 Å². The third kappa shape index (κ3) is 3.95. The first-order chi connectivity index (χ1) is 8.58. The number of nitrogens with one attached hydrogen (secondary N) is 2. The van der Waals surface area contributed by atoms with E-state index in [1.54, 1.807) is 12.1 Å². The monoisotopic (exact) mass is 249 g/mol. The van der Waals surface area contributed by atoms with E-state index in [0.29, 0.717) is 23.8 Å². The smallest absolute Gasteiger partial charge is 0.251 e. The molecule has 0 aromatic heterocycles. The highest BCUT2D eigenvalue weighted by molar-refractivity contribution is 5.96. The fourth-order valence-corrected chi connectivity index (χ4v) is 1.54. The molecule has 0 fully saturated rings. The summed E-state index contributed by atoms with van der Waals surface area (Å²) < 4.78 is 0. The van der Waals surface area contributed by atoms with E-state index in [1.807, 2.05) is 13.0 Å². The molecule has 1 amide bonds. The van der Waals surface area contributed by atoms with E-state index in [2.05, 4.69) is 24.5 Å². The summed E-state index contributed by atoms with van der Waals surface area (Å²) in [5.41, 5.74) is 8.05. The minimum atomic E-state index is -0.0707. The molecule has 0 aliphatic heterocycles. The van der Waals surface area contributed by atoms with Gasteiger partial charge in [0.25, 0.3) is 5.91 Å². The second-order valence-corrected chi connectivity index (χ2v) is 4.51. The van der Waals surface area contributed by atoms with Crippen molar-refractivity contribution in [2.45, 2.75) is 39.7 Å². The van der Waals surface area contributed by atoms with Gasteiger partial charge in [-0.1, -0.05) is 13.8 Å². The maximum atomic E-state index is 11.8. The lowest BCUT2D eigenvalue weighted by Crippen LogP contribution is -2.24. The molecule has 1 aromatic carbocycles. The van der Waals surface area contributed by atoms with Gasteiger partial charge in [-0.25, -0.2) is 0 Å². The molecule has 18 heavy (non-hydrogen) atoms. The second-order valence-electron chi connectivity index (χ2n) is 4.51. The summed E-state index contributed by atoms with van der Waals surface area (Å²) in [4.78, 5) is 11.8. The zero-order valence-corrected chi connectivity index (χ0v) is 11.4. The summed E-state index contributed by atoms with van der Waals surface area (Å²) in [7, 11) is 0. The molecule has 0 unspecified atom stereocenters. The molecule has 0 aliphatic carbocycles. The van der Waals surface area contributed by atoms with Gasteiger partial charge in [0.05, 0.1) is 11.4 Å². The third-order valence-corrected chi connectivity index (χ3v) is 2.86. The quantitative estimate of drug-likeness (QED) is 0.679. The van der Waals surface area contributed by atoms with Crippen LogP contribution in [-0.2, 0) is 0 Å². The van der Waals surface area contributed by atoms with Gasteiger partial charge < -0.3 is 16.4 Å². The van der Waals surface area contributed by atoms with E-state index in [1.165, 1.54) is 0 Å². The van der Waals surface area contributed by atoms with Crippen molar-refractivity contribution < 1.29 is 4.79 Å². The summed E-state index contributed by atoms with van der Waals surface area (Å²) in [6.45, 7) is 6.92. The molecule has 4 heteroatoms. The van der Waals surface area contributed by atoms with Gasteiger partial charge in [0.1, 0.15) is 0 Å². The molecule has 100 valence electrons. The van der Waals surface area contributed by atoms with Gasteiger partial charge in [0.15, 0.2) is 0 Å². The van der Waals surface area contributed by atoms with Crippen molar-refractivity contribution >= 4 is 17.3 Å². The lowest BCUT2D eigenvalue weighted by molar-refractivity contribution is 0.0953. The standard InChI is InChI=1S/C14H23N3O/c1-4-8-16-14(18)11-6-7-13(12(15)9-11)17-10(3)5-2/h6-7,9-10,17H,4-5,8,15H2,1-3H3,(H,16,18)/t10-/m1/s1. The van der Waals surface area contributed by atoms with Crippen molar-refractivity contribution in [1.82, 2.24) is 5.32 Å². The van der Waals surface area contributed by atoms with Crippen molar-refractivity contribution in [3.05, 3.63) is 23.8 Å².